The molecule has 1 amide bonds. The number of halogens is 1. The lowest BCUT2D eigenvalue weighted by molar-refractivity contribution is -0.142. The molecule has 0 aliphatic carbocycles. The van der Waals surface area contributed by atoms with Gasteiger partial charge in [-0.15, -0.1) is 0 Å². The highest BCUT2D eigenvalue weighted by Gasteiger charge is 2.38. The maximum absolute atomic E-state index is 13.9. The van der Waals surface area contributed by atoms with Crippen LogP contribution in [0.25, 0.3) is 0 Å². The van der Waals surface area contributed by atoms with Crippen molar-refractivity contribution in [1.29, 1.82) is 0 Å². The van der Waals surface area contributed by atoms with Gasteiger partial charge in [0.1, 0.15) is 11.6 Å². The summed E-state index contributed by atoms with van der Waals surface area (Å²) in [5, 5.41) is 10.4. The normalized spacial score (nSPS) is 17.5. The molecule has 1 fully saturated rings. The van der Waals surface area contributed by atoms with Crippen molar-refractivity contribution in [2.24, 2.45) is 0 Å². The fourth-order valence-corrected chi connectivity index (χ4v) is 3.65. The van der Waals surface area contributed by atoms with E-state index >= 15 is 0 Å². The van der Waals surface area contributed by atoms with Gasteiger partial charge in [-0.1, -0.05) is 30.3 Å². The van der Waals surface area contributed by atoms with Crippen LogP contribution in [0, 0.1) is 5.82 Å². The smallest absolute Gasteiger partial charge is 0.256 e. The summed E-state index contributed by atoms with van der Waals surface area (Å²) in [7, 11) is 1.64. The van der Waals surface area contributed by atoms with Crippen LogP contribution >= 0.6 is 0 Å². The van der Waals surface area contributed by atoms with Gasteiger partial charge >= 0.3 is 0 Å². The number of carbonyl (C=O) groups is 1. The van der Waals surface area contributed by atoms with E-state index in [4.69, 9.17) is 4.74 Å². The number of para-hydroxylation sites is 2. The average Bonchev–Trinajstić information content (AvgIpc) is 2.66. The number of anilines is 1. The van der Waals surface area contributed by atoms with Crippen molar-refractivity contribution in [3.8, 4) is 5.75 Å². The molecule has 144 valence electrons. The van der Waals surface area contributed by atoms with Gasteiger partial charge in [-0.25, -0.2) is 4.39 Å². The van der Waals surface area contributed by atoms with Crippen molar-refractivity contribution in [3.05, 3.63) is 59.9 Å². The zero-order valence-electron chi connectivity index (χ0n) is 15.9. The van der Waals surface area contributed by atoms with Gasteiger partial charge < -0.3 is 19.6 Å². The molecule has 5 nitrogen and oxygen atoms in total. The molecule has 0 saturated carbocycles. The van der Waals surface area contributed by atoms with Crippen LogP contribution in [0.1, 0.15) is 25.5 Å². The fraction of sp³-hybridized carbons (Fsp3) is 0.381. The second-order valence-electron chi connectivity index (χ2n) is 7.32. The molecule has 2 aromatic carbocycles. The molecular weight excluding hydrogens is 347 g/mol. The molecule has 1 atom stereocenters. The Morgan fingerprint density at radius 2 is 1.81 bits per heavy atom. The second kappa shape index (κ2) is 7.56. The van der Waals surface area contributed by atoms with E-state index in [9.17, 15) is 14.3 Å². The van der Waals surface area contributed by atoms with Crippen LogP contribution in [0.4, 0.5) is 10.1 Å². The van der Waals surface area contributed by atoms with Crippen molar-refractivity contribution >= 4 is 11.6 Å². The van der Waals surface area contributed by atoms with Crippen molar-refractivity contribution in [3.63, 3.8) is 0 Å². The maximum Gasteiger partial charge on any atom is 0.256 e. The van der Waals surface area contributed by atoms with Gasteiger partial charge in [-0.2, -0.15) is 0 Å². The minimum Gasteiger partial charge on any atom is -0.495 e. The number of benzene rings is 2. The van der Waals surface area contributed by atoms with E-state index in [1.54, 1.807) is 18.1 Å². The number of methoxy groups -OCH3 is 1. The molecule has 1 saturated heterocycles. The number of rotatable bonds is 4. The van der Waals surface area contributed by atoms with E-state index in [-0.39, 0.29) is 11.1 Å². The zero-order chi connectivity index (χ0) is 19.6. The Balaban J connectivity index is 1.79. The highest BCUT2D eigenvalue weighted by atomic mass is 19.1. The molecule has 0 bridgehead atoms. The summed E-state index contributed by atoms with van der Waals surface area (Å²) in [5.41, 5.74) is 0.594. The van der Waals surface area contributed by atoms with Crippen molar-refractivity contribution in [1.82, 2.24) is 4.90 Å². The molecule has 0 spiro atoms. The summed E-state index contributed by atoms with van der Waals surface area (Å²) >= 11 is 0. The van der Waals surface area contributed by atoms with Gasteiger partial charge in [-0.05, 0) is 32.0 Å². The number of ether oxygens (including phenoxy) is 1. The van der Waals surface area contributed by atoms with Crippen LogP contribution in [0.3, 0.4) is 0 Å². The first kappa shape index (κ1) is 19.2. The molecule has 3 rings (SSSR count). The first-order valence-corrected chi connectivity index (χ1v) is 8.97. The standard InChI is InChI=1S/C21H25FN2O3/c1-21(2)14-23(20(26)19(25)15-8-4-5-9-16(15)22)12-13-24(21)17-10-6-7-11-18(17)27-3/h4-11,19,25H,12-14H2,1-3H3/t19-/m0/s1. The number of piperazine rings is 1. The highest BCUT2D eigenvalue weighted by Crippen LogP contribution is 2.35. The summed E-state index contributed by atoms with van der Waals surface area (Å²) in [6, 6.07) is 13.6. The van der Waals surface area contributed by atoms with E-state index < -0.39 is 17.8 Å². The third-order valence-electron chi connectivity index (χ3n) is 5.02. The first-order valence-electron chi connectivity index (χ1n) is 8.97. The molecule has 0 aromatic heterocycles. The summed E-state index contributed by atoms with van der Waals surface area (Å²) in [6.07, 6.45) is -1.50. The van der Waals surface area contributed by atoms with Crippen molar-refractivity contribution in [2.75, 3.05) is 31.6 Å². The maximum atomic E-state index is 13.9. The molecule has 2 aromatic rings. The molecule has 1 N–H and O–H groups in total. The lowest BCUT2D eigenvalue weighted by Crippen LogP contribution is -2.61. The molecule has 27 heavy (non-hydrogen) atoms. The molecule has 0 unspecified atom stereocenters. The van der Waals surface area contributed by atoms with Crippen LogP contribution in [0.15, 0.2) is 48.5 Å². The number of carbonyl (C=O) groups excluding carboxylic acids is 1. The van der Waals surface area contributed by atoms with E-state index in [2.05, 4.69) is 4.90 Å². The Hall–Kier alpha value is -2.60. The fourth-order valence-electron chi connectivity index (χ4n) is 3.65. The lowest BCUT2D eigenvalue weighted by Gasteiger charge is -2.49. The molecule has 6 heteroatoms. The van der Waals surface area contributed by atoms with Gasteiger partial charge in [0, 0.05) is 25.2 Å². The molecular formula is C21H25FN2O3. The van der Waals surface area contributed by atoms with Crippen LogP contribution in [-0.2, 0) is 4.79 Å². The number of aliphatic hydroxyl groups excluding tert-OH is 1. The lowest BCUT2D eigenvalue weighted by atomic mass is 9.96. The van der Waals surface area contributed by atoms with E-state index in [0.717, 1.165) is 11.4 Å². The molecule has 0 radical (unpaired) electrons. The van der Waals surface area contributed by atoms with Crippen LogP contribution < -0.4 is 9.64 Å². The topological polar surface area (TPSA) is 53.0 Å². The Morgan fingerprint density at radius 3 is 2.48 bits per heavy atom. The Bertz CT molecular complexity index is 825. The molecule has 1 aliphatic rings. The van der Waals surface area contributed by atoms with Crippen LogP contribution in [-0.4, -0.2) is 48.2 Å². The number of amides is 1. The second-order valence-corrected chi connectivity index (χ2v) is 7.32. The highest BCUT2D eigenvalue weighted by molar-refractivity contribution is 5.82. The van der Waals surface area contributed by atoms with Gasteiger partial charge in [0.25, 0.3) is 5.91 Å². The minimum absolute atomic E-state index is 0.00691. The number of nitrogens with zero attached hydrogens (tertiary/aromatic N) is 2. The monoisotopic (exact) mass is 372 g/mol. The molecule has 1 heterocycles. The van der Waals surface area contributed by atoms with Gasteiger partial charge in [0.15, 0.2) is 6.10 Å². The van der Waals surface area contributed by atoms with Crippen molar-refractivity contribution < 1.29 is 19.0 Å². The summed E-state index contributed by atoms with van der Waals surface area (Å²) in [5.74, 6) is -0.283. The SMILES string of the molecule is COc1ccccc1N1CCN(C(=O)[C@@H](O)c2ccccc2F)CC1(C)C. The van der Waals surface area contributed by atoms with E-state index in [1.165, 1.54) is 18.2 Å². The average molecular weight is 372 g/mol. The largest absolute Gasteiger partial charge is 0.495 e. The summed E-state index contributed by atoms with van der Waals surface area (Å²) in [4.78, 5) is 16.6. The summed E-state index contributed by atoms with van der Waals surface area (Å²) < 4.78 is 19.4. The number of hydrogen-bond donors (Lipinski definition) is 1. The van der Waals surface area contributed by atoms with E-state index in [0.29, 0.717) is 19.6 Å². The van der Waals surface area contributed by atoms with Crippen LogP contribution in [0.2, 0.25) is 0 Å². The molecule has 1 aliphatic heterocycles. The quantitative estimate of drug-likeness (QED) is 0.897. The predicted molar refractivity (Wildman–Crippen MR) is 102 cm³/mol. The first-order chi connectivity index (χ1) is 12.8. The van der Waals surface area contributed by atoms with Crippen LogP contribution in [0.5, 0.6) is 5.75 Å². The van der Waals surface area contributed by atoms with Gasteiger partial charge in [-0.3, -0.25) is 4.79 Å². The Kier molecular flexibility index (Phi) is 5.37. The summed E-state index contributed by atoms with van der Waals surface area (Å²) in [6.45, 7) is 5.51. The number of hydrogen-bond acceptors (Lipinski definition) is 4. The Morgan fingerprint density at radius 1 is 1.15 bits per heavy atom. The van der Waals surface area contributed by atoms with Gasteiger partial charge in [0.05, 0.1) is 18.3 Å². The van der Waals surface area contributed by atoms with E-state index in [1.807, 2.05) is 38.1 Å². The van der Waals surface area contributed by atoms with Crippen molar-refractivity contribution in [2.45, 2.75) is 25.5 Å². The Labute approximate surface area is 159 Å². The number of aliphatic hydroxyl groups is 1. The zero-order valence-corrected chi connectivity index (χ0v) is 15.9. The predicted octanol–water partition coefficient (Wildman–Crippen LogP) is 3.00. The third kappa shape index (κ3) is 3.76. The minimum atomic E-state index is -1.50. The third-order valence-corrected chi connectivity index (χ3v) is 5.02. The van der Waals surface area contributed by atoms with Gasteiger partial charge in [0.2, 0.25) is 0 Å².